The summed E-state index contributed by atoms with van der Waals surface area (Å²) >= 11 is 0. The van der Waals surface area contributed by atoms with Crippen molar-refractivity contribution in [2.24, 2.45) is 17.8 Å². The maximum absolute atomic E-state index is 14.6. The van der Waals surface area contributed by atoms with Crippen LogP contribution in [0.3, 0.4) is 0 Å². The van der Waals surface area contributed by atoms with Crippen molar-refractivity contribution < 1.29 is 18.8 Å². The first-order valence-corrected chi connectivity index (χ1v) is 19.9. The number of rotatable bonds is 8. The second-order valence-corrected chi connectivity index (χ2v) is 20.7. The number of nitrogens with zero attached hydrogens (tertiary/aromatic N) is 1. The number of amides is 2. The van der Waals surface area contributed by atoms with E-state index < -0.39 is 25.8 Å². The van der Waals surface area contributed by atoms with E-state index >= 15 is 0 Å². The van der Waals surface area contributed by atoms with Gasteiger partial charge in [-0.25, -0.2) is 0 Å². The normalized spacial score (nSPS) is 24.8. The minimum absolute atomic E-state index is 0.0553. The van der Waals surface area contributed by atoms with Crippen LogP contribution in [0, 0.1) is 17.8 Å². The maximum Gasteiger partial charge on any atom is 0.258 e. The zero-order valence-corrected chi connectivity index (χ0v) is 29.7. The summed E-state index contributed by atoms with van der Waals surface area (Å²) in [5, 5.41) is 0. The van der Waals surface area contributed by atoms with Crippen LogP contribution < -0.4 is 9.16 Å². The fraction of sp³-hybridized carbons (Fsp3) is 0.463. The van der Waals surface area contributed by atoms with Crippen LogP contribution in [-0.4, -0.2) is 30.6 Å². The number of fused-ring (bicyclic) bond motifs is 6. The van der Waals surface area contributed by atoms with Gasteiger partial charge in [0.05, 0.1) is 18.4 Å². The summed E-state index contributed by atoms with van der Waals surface area (Å²) in [6, 6.07) is 26.6. The lowest BCUT2D eigenvalue weighted by atomic mass is 9.59. The topological polar surface area (TPSA) is 55.8 Å². The molecule has 1 spiro atoms. The molecule has 0 bridgehead atoms. The molecular weight excluding hydrogens is 599 g/mol. The van der Waals surface area contributed by atoms with Crippen LogP contribution in [0.15, 0.2) is 84.9 Å². The summed E-state index contributed by atoms with van der Waals surface area (Å²) in [6.07, 6.45) is 6.18. The Kier molecular flexibility index (Phi) is 8.22. The van der Waals surface area contributed by atoms with E-state index in [4.69, 9.17) is 9.16 Å². The van der Waals surface area contributed by atoms with Gasteiger partial charge in [0.25, 0.3) is 8.32 Å². The predicted molar refractivity (Wildman–Crippen MR) is 190 cm³/mol. The molecule has 246 valence electrons. The highest BCUT2D eigenvalue weighted by molar-refractivity contribution is 6.78. The number of likely N-dealkylation sites (tertiary alicyclic amines) is 1. The van der Waals surface area contributed by atoms with Crippen LogP contribution in [0.5, 0.6) is 11.5 Å². The van der Waals surface area contributed by atoms with Gasteiger partial charge in [-0.3, -0.25) is 14.5 Å². The fourth-order valence-electron chi connectivity index (χ4n) is 9.98. The third-order valence-corrected chi connectivity index (χ3v) is 17.9. The van der Waals surface area contributed by atoms with E-state index in [1.54, 1.807) is 4.90 Å². The molecule has 4 atom stereocenters. The molecule has 0 radical (unpaired) electrons. The Morgan fingerprint density at radius 2 is 1.40 bits per heavy atom. The first-order valence-electron chi connectivity index (χ1n) is 17.8. The van der Waals surface area contributed by atoms with E-state index in [0.29, 0.717) is 23.2 Å². The van der Waals surface area contributed by atoms with Crippen molar-refractivity contribution in [2.45, 2.75) is 102 Å². The molecule has 2 heterocycles. The Morgan fingerprint density at radius 1 is 0.809 bits per heavy atom. The zero-order valence-electron chi connectivity index (χ0n) is 28.7. The molecule has 7 rings (SSSR count). The first-order chi connectivity index (χ1) is 22.6. The molecule has 2 amide bonds. The molecule has 3 aromatic carbocycles. The highest BCUT2D eigenvalue weighted by atomic mass is 28.4. The second kappa shape index (κ2) is 12.1. The predicted octanol–water partition coefficient (Wildman–Crippen LogP) is 9.54. The standard InChI is InChI=1S/C41H49NO4Si/c1-26(2)47(27(3)4,28(5)6)46-31-19-20-32-34-24-33(30-17-11-8-12-18-30)36-37(38(34)41(21-13-14-22-41)45-35(32)23-31)40(44)42(39(36)43)25-29-15-9-7-10-16-29/h7-12,15-20,23-24,26-28,33,36-38H,13-14,21-22,25H2,1-6H3/t33-,36+,37+,38-/m1/s1. The van der Waals surface area contributed by atoms with Gasteiger partial charge in [-0.05, 0) is 71.1 Å². The molecular formula is C41H49NO4Si. The van der Waals surface area contributed by atoms with Gasteiger partial charge in [-0.15, -0.1) is 0 Å². The summed E-state index contributed by atoms with van der Waals surface area (Å²) in [6.45, 7) is 14.2. The third kappa shape index (κ3) is 5.10. The van der Waals surface area contributed by atoms with Crippen LogP contribution in [0.2, 0.25) is 16.6 Å². The van der Waals surface area contributed by atoms with Gasteiger partial charge in [0.15, 0.2) is 0 Å². The van der Waals surface area contributed by atoms with E-state index in [2.05, 4.69) is 78.0 Å². The van der Waals surface area contributed by atoms with Gasteiger partial charge in [0.1, 0.15) is 17.1 Å². The van der Waals surface area contributed by atoms with Crippen LogP contribution in [0.4, 0.5) is 0 Å². The van der Waals surface area contributed by atoms with E-state index in [9.17, 15) is 9.59 Å². The minimum Gasteiger partial charge on any atom is -0.543 e. The largest absolute Gasteiger partial charge is 0.543 e. The summed E-state index contributed by atoms with van der Waals surface area (Å²) < 4.78 is 14.3. The van der Waals surface area contributed by atoms with Crippen LogP contribution >= 0.6 is 0 Å². The monoisotopic (exact) mass is 647 g/mol. The second-order valence-electron chi connectivity index (χ2n) is 15.3. The molecule has 47 heavy (non-hydrogen) atoms. The van der Waals surface area contributed by atoms with E-state index in [0.717, 1.165) is 59.4 Å². The molecule has 1 saturated carbocycles. The van der Waals surface area contributed by atoms with E-state index in [1.165, 1.54) is 0 Å². The lowest BCUT2D eigenvalue weighted by molar-refractivity contribution is -0.141. The summed E-state index contributed by atoms with van der Waals surface area (Å²) in [4.78, 5) is 30.6. The van der Waals surface area contributed by atoms with Crippen LogP contribution in [0.1, 0.15) is 89.8 Å². The Labute approximate surface area is 281 Å². The van der Waals surface area contributed by atoms with Crippen molar-refractivity contribution in [1.82, 2.24) is 4.90 Å². The molecule has 5 nitrogen and oxygen atoms in total. The molecule has 1 saturated heterocycles. The Morgan fingerprint density at radius 3 is 2.02 bits per heavy atom. The number of allylic oxidation sites excluding steroid dienone is 1. The number of carbonyl (C=O) groups is 2. The first kappa shape index (κ1) is 31.9. The number of benzene rings is 3. The smallest absolute Gasteiger partial charge is 0.258 e. The van der Waals surface area contributed by atoms with Crippen molar-refractivity contribution in [3.8, 4) is 11.5 Å². The number of imide groups is 1. The van der Waals surface area contributed by atoms with Gasteiger partial charge in [-0.2, -0.15) is 0 Å². The van der Waals surface area contributed by atoms with E-state index in [-0.39, 0.29) is 23.7 Å². The Hall–Kier alpha value is -3.64. The lowest BCUT2D eigenvalue weighted by Crippen LogP contribution is -2.53. The molecule has 3 aromatic rings. The fourth-order valence-corrected chi connectivity index (χ4v) is 15.2. The molecule has 2 fully saturated rings. The van der Waals surface area contributed by atoms with Gasteiger partial charge in [0, 0.05) is 23.5 Å². The molecule has 4 aliphatic rings. The molecule has 0 unspecified atom stereocenters. The summed E-state index contributed by atoms with van der Waals surface area (Å²) in [5.41, 5.74) is 5.09. The minimum atomic E-state index is -2.18. The Balaban J connectivity index is 1.36. The number of ether oxygens (including phenoxy) is 1. The van der Waals surface area contributed by atoms with Crippen molar-refractivity contribution in [2.75, 3.05) is 0 Å². The molecule has 0 N–H and O–H groups in total. The molecule has 2 aliphatic carbocycles. The van der Waals surface area contributed by atoms with Gasteiger partial charge in [-0.1, -0.05) is 108 Å². The number of carbonyl (C=O) groups excluding carboxylic acids is 2. The average Bonchev–Trinajstić information content (AvgIpc) is 3.62. The van der Waals surface area contributed by atoms with Crippen molar-refractivity contribution in [3.05, 3.63) is 102 Å². The van der Waals surface area contributed by atoms with Crippen molar-refractivity contribution >= 4 is 25.7 Å². The number of hydrogen-bond acceptors (Lipinski definition) is 4. The molecule has 0 aromatic heterocycles. The molecule has 2 aliphatic heterocycles. The van der Waals surface area contributed by atoms with Crippen LogP contribution in [-0.2, 0) is 16.1 Å². The average molecular weight is 648 g/mol. The van der Waals surface area contributed by atoms with Gasteiger partial charge >= 0.3 is 0 Å². The highest BCUT2D eigenvalue weighted by Gasteiger charge is 2.64. The van der Waals surface area contributed by atoms with Crippen LogP contribution in [0.25, 0.3) is 5.57 Å². The highest BCUT2D eigenvalue weighted by Crippen LogP contribution is 2.62. The van der Waals surface area contributed by atoms with Crippen molar-refractivity contribution in [1.29, 1.82) is 0 Å². The molecule has 6 heteroatoms. The SMILES string of the molecule is CC(C)[Si](Oc1ccc2c(c1)OC1(CCCC1)[C@@H]1C2=C[C@H](c2ccccc2)[C@@H]2C(=O)N(Cc3ccccc3)C(=O)[C@@H]21)(C(C)C)C(C)C. The van der Waals surface area contributed by atoms with Gasteiger partial charge in [0.2, 0.25) is 11.8 Å². The third-order valence-electron chi connectivity index (χ3n) is 11.9. The number of hydrogen-bond donors (Lipinski definition) is 0. The summed E-state index contributed by atoms with van der Waals surface area (Å²) in [5.74, 6) is 0.314. The summed E-state index contributed by atoms with van der Waals surface area (Å²) in [7, 11) is -2.18. The van der Waals surface area contributed by atoms with Crippen molar-refractivity contribution in [3.63, 3.8) is 0 Å². The Bertz CT molecular complexity index is 1650. The van der Waals surface area contributed by atoms with E-state index in [1.807, 2.05) is 48.5 Å². The van der Waals surface area contributed by atoms with Gasteiger partial charge < -0.3 is 9.16 Å². The zero-order chi connectivity index (χ0) is 33.1. The maximum atomic E-state index is 14.6. The quantitative estimate of drug-likeness (QED) is 0.181. The lowest BCUT2D eigenvalue weighted by Gasteiger charge is -2.50.